The second-order valence-corrected chi connectivity index (χ2v) is 3.66. The Hall–Kier alpha value is -1.02. The number of nitrogens with two attached hydrogens (primary N) is 1. The first-order chi connectivity index (χ1) is 6.00. The van der Waals surface area contributed by atoms with Gasteiger partial charge in [0.05, 0.1) is 6.04 Å². The van der Waals surface area contributed by atoms with Crippen molar-refractivity contribution in [2.24, 2.45) is 5.73 Å². The molecule has 1 aromatic rings. The molecular formula is C11H17NO. The van der Waals surface area contributed by atoms with Crippen LogP contribution >= 0.6 is 0 Å². The fraction of sp³-hybridized carbons (Fsp3) is 0.455. The van der Waals surface area contributed by atoms with Gasteiger partial charge in [0.1, 0.15) is 11.5 Å². The fourth-order valence-corrected chi connectivity index (χ4v) is 1.26. The molecule has 0 bridgehead atoms. The van der Waals surface area contributed by atoms with Crippen molar-refractivity contribution >= 4 is 0 Å². The SMILES string of the molecule is C=C(C)C[C@@H](N)c1cc(C)c(C)o1. The van der Waals surface area contributed by atoms with Crippen LogP contribution in [0, 0.1) is 13.8 Å². The molecule has 0 aliphatic heterocycles. The molecule has 1 aromatic heterocycles. The van der Waals surface area contributed by atoms with Gasteiger partial charge in [-0.2, -0.15) is 0 Å². The van der Waals surface area contributed by atoms with Crippen LogP contribution in [0.25, 0.3) is 0 Å². The number of aryl methyl sites for hydroxylation is 2. The van der Waals surface area contributed by atoms with Gasteiger partial charge < -0.3 is 10.2 Å². The van der Waals surface area contributed by atoms with E-state index in [-0.39, 0.29) is 6.04 Å². The van der Waals surface area contributed by atoms with Crippen molar-refractivity contribution in [2.75, 3.05) is 0 Å². The molecule has 2 heteroatoms. The molecular weight excluding hydrogens is 162 g/mol. The highest BCUT2D eigenvalue weighted by Gasteiger charge is 2.11. The van der Waals surface area contributed by atoms with E-state index in [4.69, 9.17) is 10.2 Å². The van der Waals surface area contributed by atoms with Crippen LogP contribution in [-0.4, -0.2) is 0 Å². The van der Waals surface area contributed by atoms with Crippen LogP contribution in [0.15, 0.2) is 22.6 Å². The summed E-state index contributed by atoms with van der Waals surface area (Å²) in [4.78, 5) is 0. The Balaban J connectivity index is 2.77. The van der Waals surface area contributed by atoms with Crippen molar-refractivity contribution < 1.29 is 4.42 Å². The molecule has 72 valence electrons. The Morgan fingerprint density at radius 1 is 1.62 bits per heavy atom. The van der Waals surface area contributed by atoms with Gasteiger partial charge in [-0.15, -0.1) is 6.58 Å². The van der Waals surface area contributed by atoms with Gasteiger partial charge in [0.15, 0.2) is 0 Å². The van der Waals surface area contributed by atoms with E-state index in [1.165, 1.54) is 0 Å². The van der Waals surface area contributed by atoms with Gasteiger partial charge in [-0.3, -0.25) is 0 Å². The zero-order valence-electron chi connectivity index (χ0n) is 8.55. The molecule has 0 saturated carbocycles. The van der Waals surface area contributed by atoms with Crippen LogP contribution in [0.1, 0.15) is 36.5 Å². The summed E-state index contributed by atoms with van der Waals surface area (Å²) in [5.41, 5.74) is 8.17. The Kier molecular flexibility index (Phi) is 2.94. The van der Waals surface area contributed by atoms with Gasteiger partial charge in [0.25, 0.3) is 0 Å². The van der Waals surface area contributed by atoms with E-state index in [0.717, 1.165) is 29.1 Å². The van der Waals surface area contributed by atoms with Crippen molar-refractivity contribution in [1.29, 1.82) is 0 Å². The average molecular weight is 179 g/mol. The minimum absolute atomic E-state index is 0.0510. The predicted octanol–water partition coefficient (Wildman–Crippen LogP) is 2.86. The summed E-state index contributed by atoms with van der Waals surface area (Å²) in [5, 5.41) is 0. The van der Waals surface area contributed by atoms with E-state index in [9.17, 15) is 0 Å². The zero-order valence-corrected chi connectivity index (χ0v) is 8.55. The van der Waals surface area contributed by atoms with Crippen LogP contribution in [0.5, 0.6) is 0 Å². The monoisotopic (exact) mass is 179 g/mol. The Labute approximate surface area is 79.4 Å². The summed E-state index contributed by atoms with van der Waals surface area (Å²) in [7, 11) is 0. The number of hydrogen-bond donors (Lipinski definition) is 1. The third kappa shape index (κ3) is 2.46. The van der Waals surface area contributed by atoms with Gasteiger partial charge in [-0.25, -0.2) is 0 Å². The molecule has 2 nitrogen and oxygen atoms in total. The summed E-state index contributed by atoms with van der Waals surface area (Å²) < 4.78 is 5.51. The molecule has 0 aliphatic carbocycles. The van der Waals surface area contributed by atoms with Gasteiger partial charge in [0.2, 0.25) is 0 Å². The highest BCUT2D eigenvalue weighted by Crippen LogP contribution is 2.22. The molecule has 0 aromatic carbocycles. The van der Waals surface area contributed by atoms with E-state index in [2.05, 4.69) is 6.58 Å². The van der Waals surface area contributed by atoms with Crippen LogP contribution in [0.3, 0.4) is 0 Å². The highest BCUT2D eigenvalue weighted by molar-refractivity contribution is 5.21. The maximum atomic E-state index is 5.92. The van der Waals surface area contributed by atoms with Gasteiger partial charge in [-0.1, -0.05) is 5.57 Å². The van der Waals surface area contributed by atoms with Gasteiger partial charge in [-0.05, 0) is 38.8 Å². The lowest BCUT2D eigenvalue weighted by atomic mass is 10.1. The number of rotatable bonds is 3. The largest absolute Gasteiger partial charge is 0.464 e. The molecule has 0 unspecified atom stereocenters. The first-order valence-corrected chi connectivity index (χ1v) is 4.47. The van der Waals surface area contributed by atoms with E-state index < -0.39 is 0 Å². The van der Waals surface area contributed by atoms with Gasteiger partial charge >= 0.3 is 0 Å². The van der Waals surface area contributed by atoms with Crippen LogP contribution in [0.4, 0.5) is 0 Å². The molecule has 1 rings (SSSR count). The average Bonchev–Trinajstić information content (AvgIpc) is 2.31. The Morgan fingerprint density at radius 2 is 2.23 bits per heavy atom. The third-order valence-electron chi connectivity index (χ3n) is 2.12. The molecule has 0 fully saturated rings. The highest BCUT2D eigenvalue weighted by atomic mass is 16.3. The maximum Gasteiger partial charge on any atom is 0.121 e. The van der Waals surface area contributed by atoms with E-state index >= 15 is 0 Å². The lowest BCUT2D eigenvalue weighted by Crippen LogP contribution is -2.09. The topological polar surface area (TPSA) is 39.2 Å². The van der Waals surface area contributed by atoms with Crippen molar-refractivity contribution in [3.05, 3.63) is 35.3 Å². The molecule has 2 N–H and O–H groups in total. The molecule has 0 spiro atoms. The van der Waals surface area contributed by atoms with Crippen LogP contribution < -0.4 is 5.73 Å². The lowest BCUT2D eigenvalue weighted by molar-refractivity contribution is 0.443. The smallest absolute Gasteiger partial charge is 0.121 e. The van der Waals surface area contributed by atoms with E-state index in [0.29, 0.717) is 0 Å². The predicted molar refractivity (Wildman–Crippen MR) is 54.5 cm³/mol. The second kappa shape index (κ2) is 3.79. The molecule has 0 saturated heterocycles. The third-order valence-corrected chi connectivity index (χ3v) is 2.12. The molecule has 0 amide bonds. The van der Waals surface area contributed by atoms with Gasteiger partial charge in [0, 0.05) is 0 Å². The summed E-state index contributed by atoms with van der Waals surface area (Å²) in [5.74, 6) is 1.81. The zero-order chi connectivity index (χ0) is 10.0. The number of furan rings is 1. The first-order valence-electron chi connectivity index (χ1n) is 4.47. The molecule has 0 radical (unpaired) electrons. The minimum Gasteiger partial charge on any atom is -0.464 e. The van der Waals surface area contributed by atoms with Crippen molar-refractivity contribution in [3.8, 4) is 0 Å². The minimum atomic E-state index is -0.0510. The normalized spacial score (nSPS) is 12.9. The maximum absolute atomic E-state index is 5.92. The Morgan fingerprint density at radius 3 is 2.62 bits per heavy atom. The molecule has 0 aliphatic rings. The summed E-state index contributed by atoms with van der Waals surface area (Å²) in [6, 6.07) is 1.95. The standard InChI is InChI=1S/C11H17NO/c1-7(2)5-10(12)11-6-8(3)9(4)13-11/h6,10H,1,5,12H2,2-4H3/t10-/m1/s1. The van der Waals surface area contributed by atoms with E-state index in [1.54, 1.807) is 0 Å². The molecule has 1 atom stereocenters. The summed E-state index contributed by atoms with van der Waals surface area (Å²) in [6.45, 7) is 9.78. The van der Waals surface area contributed by atoms with Crippen molar-refractivity contribution in [1.82, 2.24) is 0 Å². The quantitative estimate of drug-likeness (QED) is 0.725. The van der Waals surface area contributed by atoms with E-state index in [1.807, 2.05) is 26.8 Å². The Bertz CT molecular complexity index is 292. The number of hydrogen-bond acceptors (Lipinski definition) is 2. The van der Waals surface area contributed by atoms with Crippen LogP contribution in [0.2, 0.25) is 0 Å². The fourth-order valence-electron chi connectivity index (χ4n) is 1.26. The summed E-state index contributed by atoms with van der Waals surface area (Å²) >= 11 is 0. The van der Waals surface area contributed by atoms with Crippen molar-refractivity contribution in [3.63, 3.8) is 0 Å². The van der Waals surface area contributed by atoms with Crippen molar-refractivity contribution in [2.45, 2.75) is 33.2 Å². The molecule has 1 heterocycles. The first kappa shape index (κ1) is 10.1. The second-order valence-electron chi connectivity index (χ2n) is 3.66. The van der Waals surface area contributed by atoms with Crippen LogP contribution in [-0.2, 0) is 0 Å². The summed E-state index contributed by atoms with van der Waals surface area (Å²) in [6.07, 6.45) is 0.784. The molecule has 13 heavy (non-hydrogen) atoms. The lowest BCUT2D eigenvalue weighted by Gasteiger charge is -2.07.